The van der Waals surface area contributed by atoms with Crippen molar-refractivity contribution in [3.8, 4) is 0 Å². The minimum Gasteiger partial charge on any atom is -0.350 e. The molecule has 4 heteroatoms. The van der Waals surface area contributed by atoms with Crippen LogP contribution in [0.4, 0.5) is 4.39 Å². The molecule has 0 saturated carbocycles. The van der Waals surface area contributed by atoms with Gasteiger partial charge in [0.1, 0.15) is 12.4 Å². The maximum atomic E-state index is 13.3. The molecule has 0 aliphatic heterocycles. The highest BCUT2D eigenvalue weighted by molar-refractivity contribution is 5.83. The molecule has 1 heterocycles. The Morgan fingerprint density at radius 2 is 1.90 bits per heavy atom. The van der Waals surface area contributed by atoms with Crippen molar-refractivity contribution in [1.82, 2.24) is 9.88 Å². The first-order valence-corrected chi connectivity index (χ1v) is 6.77. The Labute approximate surface area is 122 Å². The fraction of sp³-hybridized carbons (Fsp3) is 0.118. The van der Waals surface area contributed by atoms with Crippen molar-refractivity contribution in [1.29, 1.82) is 0 Å². The fourth-order valence-electron chi connectivity index (χ4n) is 2.30. The molecule has 0 fully saturated rings. The van der Waals surface area contributed by atoms with Crippen LogP contribution < -0.4 is 5.32 Å². The summed E-state index contributed by atoms with van der Waals surface area (Å²) in [5.41, 5.74) is 1.78. The minimum atomic E-state index is -0.299. The molecule has 21 heavy (non-hydrogen) atoms. The summed E-state index contributed by atoms with van der Waals surface area (Å²) in [6, 6.07) is 16.2. The summed E-state index contributed by atoms with van der Waals surface area (Å²) in [6.45, 7) is 0.674. The molecule has 0 aliphatic rings. The van der Waals surface area contributed by atoms with Gasteiger partial charge in [-0.15, -0.1) is 0 Å². The third kappa shape index (κ3) is 3.11. The molecule has 0 bridgehead atoms. The molecular formula is C17H15FN2O. The first-order valence-electron chi connectivity index (χ1n) is 6.77. The van der Waals surface area contributed by atoms with Gasteiger partial charge in [0.15, 0.2) is 0 Å². The molecule has 2 aromatic carbocycles. The summed E-state index contributed by atoms with van der Waals surface area (Å²) in [6.07, 6.45) is 1.80. The Hall–Kier alpha value is -2.62. The van der Waals surface area contributed by atoms with Crippen molar-refractivity contribution in [3.63, 3.8) is 0 Å². The minimum absolute atomic E-state index is 0.0967. The molecule has 1 amide bonds. The number of hydrogen-bond donors (Lipinski definition) is 1. The molecule has 0 radical (unpaired) electrons. The van der Waals surface area contributed by atoms with E-state index in [9.17, 15) is 9.18 Å². The van der Waals surface area contributed by atoms with Crippen LogP contribution in [0.2, 0.25) is 0 Å². The summed E-state index contributed by atoms with van der Waals surface area (Å²) < 4.78 is 15.0. The van der Waals surface area contributed by atoms with Crippen LogP contribution in [0.5, 0.6) is 0 Å². The second-order valence-electron chi connectivity index (χ2n) is 4.91. The van der Waals surface area contributed by atoms with Crippen LogP contribution in [0, 0.1) is 5.82 Å². The number of carbonyl (C=O) groups is 1. The lowest BCUT2D eigenvalue weighted by Crippen LogP contribution is -2.26. The van der Waals surface area contributed by atoms with Gasteiger partial charge < -0.3 is 9.88 Å². The van der Waals surface area contributed by atoms with Gasteiger partial charge in [-0.25, -0.2) is 4.39 Å². The van der Waals surface area contributed by atoms with E-state index in [0.29, 0.717) is 6.54 Å². The zero-order valence-corrected chi connectivity index (χ0v) is 11.4. The largest absolute Gasteiger partial charge is 0.350 e. The van der Waals surface area contributed by atoms with Crippen LogP contribution in [0.1, 0.15) is 5.56 Å². The van der Waals surface area contributed by atoms with Crippen LogP contribution in [0.3, 0.4) is 0 Å². The molecule has 0 unspecified atom stereocenters. The normalized spacial score (nSPS) is 10.7. The van der Waals surface area contributed by atoms with E-state index >= 15 is 0 Å². The van der Waals surface area contributed by atoms with Gasteiger partial charge in [0.2, 0.25) is 5.91 Å². The number of rotatable bonds is 4. The predicted molar refractivity (Wildman–Crippen MR) is 80.2 cm³/mol. The Balaban J connectivity index is 1.67. The van der Waals surface area contributed by atoms with Gasteiger partial charge in [0.25, 0.3) is 0 Å². The Kier molecular flexibility index (Phi) is 3.69. The van der Waals surface area contributed by atoms with Gasteiger partial charge in [0.05, 0.1) is 5.52 Å². The average molecular weight is 282 g/mol. The Bertz CT molecular complexity index is 765. The number of benzene rings is 2. The third-order valence-electron chi connectivity index (χ3n) is 3.38. The van der Waals surface area contributed by atoms with Crippen LogP contribution in [-0.4, -0.2) is 10.5 Å². The van der Waals surface area contributed by atoms with Gasteiger partial charge in [-0.05, 0) is 35.2 Å². The smallest absolute Gasteiger partial charge is 0.240 e. The summed E-state index contributed by atoms with van der Waals surface area (Å²) >= 11 is 0. The Morgan fingerprint density at radius 3 is 2.71 bits per heavy atom. The lowest BCUT2D eigenvalue weighted by atomic mass is 10.2. The highest BCUT2D eigenvalue weighted by Gasteiger charge is 2.07. The summed E-state index contributed by atoms with van der Waals surface area (Å²) in [4.78, 5) is 12.0. The molecule has 0 atom stereocenters. The van der Waals surface area contributed by atoms with Crippen molar-refractivity contribution in [3.05, 3.63) is 72.2 Å². The Morgan fingerprint density at radius 1 is 1.10 bits per heavy atom. The second-order valence-corrected chi connectivity index (χ2v) is 4.91. The molecule has 3 aromatic rings. The average Bonchev–Trinajstić information content (AvgIpc) is 2.88. The lowest BCUT2D eigenvalue weighted by molar-refractivity contribution is -0.121. The number of fused-ring (bicyclic) bond motifs is 1. The van der Waals surface area contributed by atoms with Gasteiger partial charge >= 0.3 is 0 Å². The number of aromatic nitrogens is 1. The molecule has 3 rings (SSSR count). The lowest BCUT2D eigenvalue weighted by Gasteiger charge is -2.07. The van der Waals surface area contributed by atoms with Crippen molar-refractivity contribution in [2.45, 2.75) is 13.1 Å². The monoisotopic (exact) mass is 282 g/mol. The highest BCUT2D eigenvalue weighted by atomic mass is 19.1. The molecule has 106 valence electrons. The molecular weight excluding hydrogens is 267 g/mol. The van der Waals surface area contributed by atoms with Gasteiger partial charge in [-0.1, -0.05) is 30.3 Å². The molecule has 1 aromatic heterocycles. The number of carbonyl (C=O) groups excluding carboxylic acids is 1. The van der Waals surface area contributed by atoms with E-state index in [2.05, 4.69) is 5.32 Å². The fourth-order valence-corrected chi connectivity index (χ4v) is 2.30. The quantitative estimate of drug-likeness (QED) is 0.784. The van der Waals surface area contributed by atoms with Crippen molar-refractivity contribution < 1.29 is 9.18 Å². The van der Waals surface area contributed by atoms with E-state index in [1.165, 1.54) is 12.1 Å². The molecule has 3 nitrogen and oxygen atoms in total. The van der Waals surface area contributed by atoms with E-state index in [4.69, 9.17) is 0 Å². The summed E-state index contributed by atoms with van der Waals surface area (Å²) in [5, 5.41) is 3.79. The number of halogens is 1. The standard InChI is InChI=1S/C17H15FN2O/c18-15-7-6-14-8-9-20(16(14)10-15)12-17(21)19-11-13-4-2-1-3-5-13/h1-10H,11-12H2,(H,19,21). The number of nitrogens with zero attached hydrogens (tertiary/aromatic N) is 1. The van der Waals surface area contributed by atoms with Gasteiger partial charge in [-0.3, -0.25) is 4.79 Å². The van der Waals surface area contributed by atoms with Gasteiger partial charge in [0, 0.05) is 12.7 Å². The topological polar surface area (TPSA) is 34.0 Å². The first-order chi connectivity index (χ1) is 10.2. The van der Waals surface area contributed by atoms with Gasteiger partial charge in [-0.2, -0.15) is 0 Å². The van der Waals surface area contributed by atoms with E-state index in [1.807, 2.05) is 36.4 Å². The van der Waals surface area contributed by atoms with Crippen LogP contribution in [0.25, 0.3) is 10.9 Å². The van der Waals surface area contributed by atoms with E-state index < -0.39 is 0 Å². The first kappa shape index (κ1) is 13.4. The van der Waals surface area contributed by atoms with Crippen LogP contribution in [0.15, 0.2) is 60.8 Å². The van der Waals surface area contributed by atoms with Crippen LogP contribution >= 0.6 is 0 Å². The second kappa shape index (κ2) is 5.79. The molecule has 0 aliphatic carbocycles. The highest BCUT2D eigenvalue weighted by Crippen LogP contribution is 2.16. The van der Waals surface area contributed by atoms with E-state index in [-0.39, 0.29) is 18.3 Å². The molecule has 1 N–H and O–H groups in total. The third-order valence-corrected chi connectivity index (χ3v) is 3.38. The number of hydrogen-bond acceptors (Lipinski definition) is 1. The molecule has 0 spiro atoms. The number of amides is 1. The predicted octanol–water partition coefficient (Wildman–Crippen LogP) is 3.10. The van der Waals surface area contributed by atoms with Crippen molar-refractivity contribution in [2.24, 2.45) is 0 Å². The van der Waals surface area contributed by atoms with Crippen molar-refractivity contribution >= 4 is 16.8 Å². The zero-order chi connectivity index (χ0) is 14.7. The number of nitrogens with one attached hydrogen (secondary N) is 1. The van der Waals surface area contributed by atoms with E-state index in [1.54, 1.807) is 16.8 Å². The maximum absolute atomic E-state index is 13.3. The maximum Gasteiger partial charge on any atom is 0.240 e. The van der Waals surface area contributed by atoms with Crippen LogP contribution in [-0.2, 0) is 17.9 Å². The summed E-state index contributed by atoms with van der Waals surface area (Å²) in [7, 11) is 0. The molecule has 0 saturated heterocycles. The van der Waals surface area contributed by atoms with Crippen molar-refractivity contribution in [2.75, 3.05) is 0 Å². The van der Waals surface area contributed by atoms with E-state index in [0.717, 1.165) is 16.5 Å². The SMILES string of the molecule is O=C(Cn1ccc2ccc(F)cc21)NCc1ccccc1. The summed E-state index contributed by atoms with van der Waals surface area (Å²) in [5.74, 6) is -0.396. The zero-order valence-electron chi connectivity index (χ0n) is 11.4.